The zero-order valence-corrected chi connectivity index (χ0v) is 7.46. The maximum atomic E-state index is 3.34. The highest BCUT2D eigenvalue weighted by Gasteiger charge is 2.07. The van der Waals surface area contributed by atoms with Crippen molar-refractivity contribution < 1.29 is 0 Å². The Kier molecular flexibility index (Phi) is 2.64. The van der Waals surface area contributed by atoms with Crippen molar-refractivity contribution in [3.63, 3.8) is 0 Å². The molecule has 1 nitrogen and oxygen atoms in total. The minimum atomic E-state index is 0.233. The van der Waals surface area contributed by atoms with Crippen molar-refractivity contribution in [2.24, 2.45) is 0 Å². The van der Waals surface area contributed by atoms with Crippen molar-refractivity contribution in [2.45, 2.75) is 12.5 Å². The standard InChI is InChI=1S/C12H12N/c1-2-6-11(7-3-1)10-12-8-4-5-9-13-12/h1-3,6-7,10,12-13H,5,9H2. The molecule has 0 aromatic heterocycles. The van der Waals surface area contributed by atoms with E-state index in [0.29, 0.717) is 0 Å². The van der Waals surface area contributed by atoms with Crippen LogP contribution in [-0.4, -0.2) is 12.6 Å². The summed E-state index contributed by atoms with van der Waals surface area (Å²) in [4.78, 5) is 0. The van der Waals surface area contributed by atoms with Crippen LogP contribution < -0.4 is 5.32 Å². The zero-order chi connectivity index (χ0) is 8.93. The number of hydrogen-bond donors (Lipinski definition) is 1. The van der Waals surface area contributed by atoms with Gasteiger partial charge >= 0.3 is 0 Å². The van der Waals surface area contributed by atoms with Crippen molar-refractivity contribution in [2.75, 3.05) is 6.54 Å². The lowest BCUT2D eigenvalue weighted by atomic mass is 10.0. The molecule has 1 aliphatic heterocycles. The molecular formula is C12H12N. The van der Waals surface area contributed by atoms with E-state index in [4.69, 9.17) is 0 Å². The summed E-state index contributed by atoms with van der Waals surface area (Å²) in [5, 5.41) is 3.34. The first-order chi connectivity index (χ1) is 6.45. The number of nitrogens with one attached hydrogen (secondary N) is 1. The molecule has 13 heavy (non-hydrogen) atoms. The average Bonchev–Trinajstić information content (AvgIpc) is 2.21. The van der Waals surface area contributed by atoms with Crippen LogP contribution in [0.2, 0.25) is 0 Å². The Labute approximate surface area is 79.2 Å². The quantitative estimate of drug-likeness (QED) is 0.665. The molecule has 1 N–H and O–H groups in total. The Balaban J connectivity index is 2.00. The first kappa shape index (κ1) is 8.34. The van der Waals surface area contributed by atoms with Crippen molar-refractivity contribution in [3.8, 4) is 11.8 Å². The third kappa shape index (κ3) is 2.34. The van der Waals surface area contributed by atoms with E-state index in [9.17, 15) is 0 Å². The van der Waals surface area contributed by atoms with Crippen molar-refractivity contribution in [1.29, 1.82) is 0 Å². The highest BCUT2D eigenvalue weighted by atomic mass is 14.9. The van der Waals surface area contributed by atoms with E-state index in [1.165, 1.54) is 5.56 Å². The molecule has 1 aliphatic rings. The summed E-state index contributed by atoms with van der Waals surface area (Å²) in [5.74, 6) is 6.26. The predicted octanol–water partition coefficient (Wildman–Crippen LogP) is 1.60. The lowest BCUT2D eigenvalue weighted by Crippen LogP contribution is -2.31. The molecule has 0 bridgehead atoms. The van der Waals surface area contributed by atoms with E-state index < -0.39 is 0 Å². The fourth-order valence-electron chi connectivity index (χ4n) is 1.38. The summed E-state index contributed by atoms with van der Waals surface area (Å²) in [6.45, 7) is 1.00. The van der Waals surface area contributed by atoms with E-state index in [0.717, 1.165) is 13.0 Å². The summed E-state index contributed by atoms with van der Waals surface area (Å²) < 4.78 is 0. The van der Waals surface area contributed by atoms with Gasteiger partial charge < -0.3 is 5.32 Å². The Hall–Kier alpha value is -1.26. The van der Waals surface area contributed by atoms with Gasteiger partial charge in [0.25, 0.3) is 0 Å². The molecule has 0 saturated carbocycles. The molecule has 1 aromatic rings. The summed E-state index contributed by atoms with van der Waals surface area (Å²) >= 11 is 0. The van der Waals surface area contributed by atoms with Crippen LogP contribution in [0, 0.1) is 18.3 Å². The molecule has 0 amide bonds. The van der Waals surface area contributed by atoms with Gasteiger partial charge in [0.2, 0.25) is 0 Å². The molecule has 65 valence electrons. The maximum Gasteiger partial charge on any atom is 0.0766 e. The topological polar surface area (TPSA) is 12.0 Å². The van der Waals surface area contributed by atoms with Crippen LogP contribution in [0.15, 0.2) is 30.3 Å². The Morgan fingerprint density at radius 2 is 2.15 bits per heavy atom. The van der Waals surface area contributed by atoms with Crippen LogP contribution in [0.25, 0.3) is 0 Å². The van der Waals surface area contributed by atoms with Gasteiger partial charge in [0.15, 0.2) is 0 Å². The van der Waals surface area contributed by atoms with Crippen LogP contribution in [0.4, 0.5) is 0 Å². The van der Waals surface area contributed by atoms with Gasteiger partial charge in [-0.3, -0.25) is 0 Å². The smallest absolute Gasteiger partial charge is 0.0766 e. The Bertz CT molecular complexity index is 318. The third-order valence-electron chi connectivity index (χ3n) is 2.03. The molecule has 1 radical (unpaired) electrons. The molecule has 0 spiro atoms. The van der Waals surface area contributed by atoms with Crippen LogP contribution in [0.5, 0.6) is 0 Å². The van der Waals surface area contributed by atoms with Gasteiger partial charge in [0.05, 0.1) is 6.04 Å². The number of benzene rings is 1. The molecule has 1 aromatic carbocycles. The molecule has 1 unspecified atom stereocenters. The Morgan fingerprint density at radius 1 is 1.31 bits per heavy atom. The van der Waals surface area contributed by atoms with Gasteiger partial charge in [-0.25, -0.2) is 0 Å². The molecule has 2 rings (SSSR count). The summed E-state index contributed by atoms with van der Waals surface area (Å²) in [6.07, 6.45) is 3.13. The van der Waals surface area contributed by atoms with E-state index in [-0.39, 0.29) is 6.04 Å². The second-order valence-corrected chi connectivity index (χ2v) is 3.08. The largest absolute Gasteiger partial charge is 0.302 e. The highest BCUT2D eigenvalue weighted by molar-refractivity contribution is 5.30. The van der Waals surface area contributed by atoms with Crippen molar-refractivity contribution in [3.05, 3.63) is 42.3 Å². The van der Waals surface area contributed by atoms with E-state index >= 15 is 0 Å². The predicted molar refractivity (Wildman–Crippen MR) is 54.0 cm³/mol. The van der Waals surface area contributed by atoms with E-state index in [1.54, 1.807) is 0 Å². The zero-order valence-electron chi connectivity index (χ0n) is 7.46. The summed E-state index contributed by atoms with van der Waals surface area (Å²) in [5.41, 5.74) is 1.23. The molecule has 0 saturated heterocycles. The monoisotopic (exact) mass is 170 g/mol. The SMILES string of the molecule is C1#CC([CH]c2ccccc2)NCC1. The molecule has 1 atom stereocenters. The fraction of sp³-hybridized carbons (Fsp3) is 0.250. The van der Waals surface area contributed by atoms with Crippen molar-refractivity contribution >= 4 is 0 Å². The summed E-state index contributed by atoms with van der Waals surface area (Å²) in [7, 11) is 0. The molecule has 1 heteroatoms. The number of hydrogen-bond acceptors (Lipinski definition) is 1. The lowest BCUT2D eigenvalue weighted by molar-refractivity contribution is 0.659. The van der Waals surface area contributed by atoms with E-state index in [2.05, 4.69) is 35.7 Å². The molecular weight excluding hydrogens is 158 g/mol. The average molecular weight is 170 g/mol. The lowest BCUT2D eigenvalue weighted by Gasteiger charge is -2.14. The first-order valence-corrected chi connectivity index (χ1v) is 4.57. The number of rotatable bonds is 2. The van der Waals surface area contributed by atoms with Crippen LogP contribution in [0.1, 0.15) is 12.0 Å². The normalized spacial score (nSPS) is 20.5. The van der Waals surface area contributed by atoms with Crippen LogP contribution in [-0.2, 0) is 0 Å². The maximum absolute atomic E-state index is 3.34. The summed E-state index contributed by atoms with van der Waals surface area (Å²) in [6, 6.07) is 10.5. The molecule has 0 fully saturated rings. The van der Waals surface area contributed by atoms with Gasteiger partial charge in [-0.2, -0.15) is 0 Å². The van der Waals surface area contributed by atoms with Gasteiger partial charge in [-0.1, -0.05) is 36.3 Å². The molecule has 0 aliphatic carbocycles. The van der Waals surface area contributed by atoms with Gasteiger partial charge in [0, 0.05) is 19.4 Å². The second kappa shape index (κ2) is 4.11. The van der Waals surface area contributed by atoms with Crippen LogP contribution in [0.3, 0.4) is 0 Å². The second-order valence-electron chi connectivity index (χ2n) is 3.08. The van der Waals surface area contributed by atoms with Gasteiger partial charge in [-0.15, -0.1) is 5.92 Å². The van der Waals surface area contributed by atoms with Crippen molar-refractivity contribution in [1.82, 2.24) is 5.32 Å². The third-order valence-corrected chi connectivity index (χ3v) is 2.03. The highest BCUT2D eigenvalue weighted by Crippen LogP contribution is 2.06. The molecule has 1 heterocycles. The van der Waals surface area contributed by atoms with Gasteiger partial charge in [0.1, 0.15) is 0 Å². The van der Waals surface area contributed by atoms with E-state index in [1.807, 2.05) is 18.2 Å². The Morgan fingerprint density at radius 3 is 2.85 bits per heavy atom. The van der Waals surface area contributed by atoms with Crippen LogP contribution >= 0.6 is 0 Å². The first-order valence-electron chi connectivity index (χ1n) is 4.57. The minimum absolute atomic E-state index is 0.233. The minimum Gasteiger partial charge on any atom is -0.302 e. The van der Waals surface area contributed by atoms with Gasteiger partial charge in [-0.05, 0) is 5.56 Å². The fourth-order valence-corrected chi connectivity index (χ4v) is 1.38.